The number of rotatable bonds is 15. The summed E-state index contributed by atoms with van der Waals surface area (Å²) in [5.41, 5.74) is 18.8. The maximum atomic E-state index is 14.4. The van der Waals surface area contributed by atoms with Gasteiger partial charge in [-0.05, 0) is 133 Å². The Balaban J connectivity index is 1.83. The average Bonchev–Trinajstić information content (AvgIpc) is 3.40. The molecular formula is C49H72N14O12S2. The molecule has 17 N–H and O–H groups in total. The van der Waals surface area contributed by atoms with E-state index in [1.165, 1.54) is 38.1 Å². The van der Waals surface area contributed by atoms with Gasteiger partial charge in [-0.2, -0.15) is 10.2 Å². The first-order chi connectivity index (χ1) is 36.8. The van der Waals surface area contributed by atoms with E-state index in [0.717, 1.165) is 21.6 Å². The number of unbranched alkanes of at least 4 members (excludes halogenated alkanes) is 3. The van der Waals surface area contributed by atoms with Crippen LogP contribution in [0.25, 0.3) is 0 Å². The fourth-order valence-corrected chi connectivity index (χ4v) is 10.0. The third-order valence-corrected chi connectivity index (χ3v) is 14.6. The first-order valence-electron chi connectivity index (χ1n) is 25.4. The summed E-state index contributed by atoms with van der Waals surface area (Å²) in [6.45, 7) is 3.32. The zero-order valence-corrected chi connectivity index (χ0v) is 44.7. The Labute approximate surface area is 453 Å². The summed E-state index contributed by atoms with van der Waals surface area (Å²) < 4.78 is 0. The molecule has 4 aliphatic rings. The molecule has 0 spiro atoms. The summed E-state index contributed by atoms with van der Waals surface area (Å²) in [6.07, 6.45) is -0.0477. The molecule has 26 nitrogen and oxygen atoms in total. The molecule has 2 aromatic rings. The monoisotopic (exact) mass is 1110 g/mol. The second-order valence-corrected chi connectivity index (χ2v) is 21.0. The van der Waals surface area contributed by atoms with Crippen molar-refractivity contribution in [2.24, 2.45) is 27.4 Å². The van der Waals surface area contributed by atoms with E-state index in [9.17, 15) is 58.2 Å². The first kappa shape index (κ1) is 62.8. The summed E-state index contributed by atoms with van der Waals surface area (Å²) in [5, 5.41) is 52.3. The molecule has 0 radical (unpaired) electrons. The van der Waals surface area contributed by atoms with E-state index in [-0.39, 0.29) is 62.5 Å². The lowest BCUT2D eigenvalue weighted by atomic mass is 10.0. The summed E-state index contributed by atoms with van der Waals surface area (Å²) in [7, 11) is 1.89. The number of nitrogens with two attached hydrogens (primary N) is 3. The van der Waals surface area contributed by atoms with Crippen LogP contribution >= 0.6 is 21.6 Å². The molecule has 9 atom stereocenters. The maximum Gasteiger partial charge on any atom is 0.305 e. The Kier molecular flexibility index (Phi) is 26.7. The highest BCUT2D eigenvalue weighted by atomic mass is 33.1. The molecule has 4 aliphatic heterocycles. The van der Waals surface area contributed by atoms with E-state index in [2.05, 4.69) is 58.1 Å². The van der Waals surface area contributed by atoms with Gasteiger partial charge < -0.3 is 75.3 Å². The number of amides is 9. The van der Waals surface area contributed by atoms with Crippen molar-refractivity contribution in [1.29, 1.82) is 0 Å². The Morgan fingerprint density at radius 1 is 0.558 bits per heavy atom. The molecule has 4 heterocycles. The number of carboxylic acid groups (broad SMARTS) is 1. The Hall–Kier alpha value is -6.72. The summed E-state index contributed by atoms with van der Waals surface area (Å²) >= 11 is 0. The second-order valence-electron chi connectivity index (χ2n) is 18.4. The minimum Gasteiger partial charge on any atom is -0.481 e. The van der Waals surface area contributed by atoms with Crippen LogP contribution in [0.2, 0.25) is 0 Å². The zero-order valence-electron chi connectivity index (χ0n) is 43.0. The maximum absolute atomic E-state index is 14.4. The number of nitrogens with zero attached hydrogens (tertiary/aromatic N) is 2. The molecule has 6 rings (SSSR count). The second kappa shape index (κ2) is 32.8. The number of fused-ring (bicyclic) bond motifs is 2. The smallest absolute Gasteiger partial charge is 0.305 e. The lowest BCUT2D eigenvalue weighted by Crippen LogP contribution is -2.61. The van der Waals surface area contributed by atoms with Gasteiger partial charge >= 0.3 is 5.97 Å². The number of carboxylic acids is 1. The fraction of sp³-hybridized carbons (Fsp3) is 0.551. The van der Waals surface area contributed by atoms with Crippen LogP contribution in [0.5, 0.6) is 0 Å². The molecule has 77 heavy (non-hydrogen) atoms. The molecule has 2 aromatic carbocycles. The quantitative estimate of drug-likeness (QED) is 0.0742. The zero-order chi connectivity index (χ0) is 56.4. The molecule has 0 aromatic heterocycles. The van der Waals surface area contributed by atoms with E-state index in [0.29, 0.717) is 55.5 Å². The van der Waals surface area contributed by atoms with Crippen LogP contribution < -0.4 is 65.1 Å². The molecule has 1 unspecified atom stereocenters. The molecular weight excluding hydrogens is 1040 g/mol. The lowest BCUT2D eigenvalue weighted by Gasteiger charge is -2.28. The predicted molar refractivity (Wildman–Crippen MR) is 287 cm³/mol. The van der Waals surface area contributed by atoms with Crippen molar-refractivity contribution < 1.29 is 58.2 Å². The Morgan fingerprint density at radius 3 is 1.45 bits per heavy atom. The summed E-state index contributed by atoms with van der Waals surface area (Å²) in [5.74, 6) is -9.87. The highest BCUT2D eigenvalue weighted by Crippen LogP contribution is 2.25. The van der Waals surface area contributed by atoms with Crippen molar-refractivity contribution in [3.8, 4) is 0 Å². The van der Waals surface area contributed by atoms with Gasteiger partial charge in [0.1, 0.15) is 48.3 Å². The number of hydrogen-bond donors (Lipinski definition) is 14. The number of aliphatic hydroxyl groups excluding tert-OH is 1. The van der Waals surface area contributed by atoms with Crippen molar-refractivity contribution >= 4 is 92.1 Å². The Morgan fingerprint density at radius 2 is 0.987 bits per heavy atom. The molecule has 1 saturated heterocycles. The van der Waals surface area contributed by atoms with E-state index in [1.807, 2.05) is 0 Å². The van der Waals surface area contributed by atoms with E-state index < -0.39 is 120 Å². The van der Waals surface area contributed by atoms with Crippen LogP contribution in [-0.2, 0) is 49.7 Å². The largest absolute Gasteiger partial charge is 0.481 e. The standard InChI is InChI=1S/C49H72N14O12S2/c1-27-41(67)61-40(28(2)64)49(75)53-24-29-12-16-31(17-13-29)62-63-32-18-14-30(15-19-32)42(68)59-38-26-77-76-25-37(47(73)54-27)60-45(71)35(11-5-8-22-52)56-43(69)33(9-3-6-20-50)55-44(70)34(10-4-7-21-51)57-46(72)36(23-39(65)66)58-48(38)74/h12-19,27-28,33-38,40,64H,3-11,20-26,50-52H2,1-2H3,(H,53,75)(H,54,73)(H,55,70)(H,56,69)(H,57,72)(H,58,74)(H,59,68)(H,60,71)(H,61,67)(H,65,66)/t27-,28+,33-,34-,35-,36?,37-,38-,40-/m0/s1. The molecule has 6 bridgehead atoms. The fourth-order valence-electron chi connectivity index (χ4n) is 7.71. The number of hydrogen-bond acceptors (Lipinski definition) is 18. The highest BCUT2D eigenvalue weighted by Gasteiger charge is 2.36. The van der Waals surface area contributed by atoms with Gasteiger partial charge in [0.05, 0.1) is 23.9 Å². The van der Waals surface area contributed by atoms with E-state index >= 15 is 0 Å². The molecule has 0 aliphatic carbocycles. The van der Waals surface area contributed by atoms with Crippen molar-refractivity contribution in [3.63, 3.8) is 0 Å². The van der Waals surface area contributed by atoms with Crippen molar-refractivity contribution in [3.05, 3.63) is 59.7 Å². The molecule has 422 valence electrons. The summed E-state index contributed by atoms with van der Waals surface area (Å²) in [4.78, 5) is 138. The third-order valence-electron chi connectivity index (χ3n) is 12.2. The van der Waals surface area contributed by atoms with Gasteiger partial charge in [0, 0.05) is 23.6 Å². The SMILES string of the molecule is C[C@@H]1NC(=O)[C@@H]2CSSC[C@H](NC(=O)c3ccc(cc3)N=Nc3ccc(cc3)CNC(=O)[C@H]([C@@H](C)O)NC1=O)C(=O)NC(CC(=O)O)C(=O)N[C@@H](CCCCN)C(=O)N[C@@H](CCCCN)C(=O)N[C@@H](CCCCN)C(=O)N2. The van der Waals surface area contributed by atoms with Gasteiger partial charge in [-0.3, -0.25) is 47.9 Å². The number of carbonyl (C=O) groups excluding carboxylic acids is 9. The minimum atomic E-state index is -1.79. The number of nitrogens with one attached hydrogen (secondary N) is 9. The third kappa shape index (κ3) is 21.3. The van der Waals surface area contributed by atoms with Crippen LogP contribution in [0.4, 0.5) is 11.4 Å². The molecule has 0 saturated carbocycles. The average molecular weight is 1110 g/mol. The first-order valence-corrected chi connectivity index (χ1v) is 27.9. The topological polar surface area (TPSA) is 422 Å². The lowest BCUT2D eigenvalue weighted by molar-refractivity contribution is -0.141. The molecule has 1 fully saturated rings. The molecule has 28 heteroatoms. The summed E-state index contributed by atoms with van der Waals surface area (Å²) in [6, 6.07) is 0.827. The number of azo groups is 1. The molecule has 9 amide bonds. The Bertz CT molecular complexity index is 2380. The van der Waals surface area contributed by atoms with Gasteiger partial charge in [0.15, 0.2) is 0 Å². The van der Waals surface area contributed by atoms with Crippen molar-refractivity contribution in [2.75, 3.05) is 31.1 Å². The van der Waals surface area contributed by atoms with E-state index in [4.69, 9.17) is 17.2 Å². The van der Waals surface area contributed by atoms with Gasteiger partial charge in [-0.15, -0.1) is 0 Å². The van der Waals surface area contributed by atoms with E-state index in [1.54, 1.807) is 24.3 Å². The normalized spacial score (nSPS) is 24.5. The van der Waals surface area contributed by atoms with Crippen LogP contribution in [0.1, 0.15) is 94.0 Å². The van der Waals surface area contributed by atoms with Gasteiger partial charge in [-0.1, -0.05) is 33.7 Å². The van der Waals surface area contributed by atoms with Gasteiger partial charge in [-0.25, -0.2) is 0 Å². The predicted octanol–water partition coefficient (Wildman–Crippen LogP) is -1.12. The number of aliphatic carboxylic acids is 1. The van der Waals surface area contributed by atoms with Crippen LogP contribution in [0.3, 0.4) is 0 Å². The number of benzene rings is 2. The number of aliphatic hydroxyl groups is 1. The van der Waals surface area contributed by atoms with Crippen LogP contribution in [0, 0.1) is 0 Å². The minimum absolute atomic E-state index is 0.00365. The van der Waals surface area contributed by atoms with Crippen LogP contribution in [-0.4, -0.2) is 155 Å². The van der Waals surface area contributed by atoms with Crippen molar-refractivity contribution in [1.82, 2.24) is 47.9 Å². The van der Waals surface area contributed by atoms with Crippen molar-refractivity contribution in [2.45, 2.75) is 139 Å². The number of carbonyl (C=O) groups is 10. The van der Waals surface area contributed by atoms with Gasteiger partial charge in [0.25, 0.3) is 5.91 Å². The highest BCUT2D eigenvalue weighted by molar-refractivity contribution is 8.76. The van der Waals surface area contributed by atoms with Crippen LogP contribution in [0.15, 0.2) is 58.8 Å². The van der Waals surface area contributed by atoms with Gasteiger partial charge in [0.2, 0.25) is 47.3 Å².